The van der Waals surface area contributed by atoms with Crippen molar-refractivity contribution in [3.05, 3.63) is 24.3 Å². The molecule has 6 heteroatoms. The van der Waals surface area contributed by atoms with E-state index >= 15 is 0 Å². The van der Waals surface area contributed by atoms with Crippen molar-refractivity contribution in [2.45, 2.75) is 0 Å². The van der Waals surface area contributed by atoms with E-state index in [-0.39, 0.29) is 6.67 Å². The zero-order chi connectivity index (χ0) is 11.0. The molecule has 76 valence electrons. The molecule has 0 atom stereocenters. The molecule has 6 nitrogen and oxygen atoms in total. The first kappa shape index (κ1) is 9.32. The first-order valence-corrected chi connectivity index (χ1v) is 4.16. The largest absolute Gasteiger partial charge is 0.269 e. The summed E-state index contributed by atoms with van der Waals surface area (Å²) < 4.78 is 0. The second kappa shape index (κ2) is 3.16. The third kappa shape index (κ3) is 1.45. The third-order valence-corrected chi connectivity index (χ3v) is 2.08. The smallest absolute Gasteiger partial charge is 0.255 e. The van der Waals surface area contributed by atoms with Crippen LogP contribution in [0.4, 0.5) is 0 Å². The minimum Gasteiger partial charge on any atom is -0.269 e. The maximum Gasteiger partial charge on any atom is 0.255 e. The summed E-state index contributed by atoms with van der Waals surface area (Å²) in [5, 5.41) is 0. The SMILES string of the molecule is O=C1C=CC(=O)N1CN1C(=O)C=CC1=O. The van der Waals surface area contributed by atoms with E-state index in [1.165, 1.54) is 0 Å². The van der Waals surface area contributed by atoms with Gasteiger partial charge < -0.3 is 0 Å². The Hall–Kier alpha value is -2.24. The molecule has 2 aliphatic rings. The van der Waals surface area contributed by atoms with Crippen molar-refractivity contribution in [2.24, 2.45) is 0 Å². The van der Waals surface area contributed by atoms with Gasteiger partial charge in [-0.1, -0.05) is 0 Å². The molecular formula is C9H6N2O4. The minimum atomic E-state index is -0.521. The lowest BCUT2D eigenvalue weighted by Crippen LogP contribution is -2.44. The fourth-order valence-corrected chi connectivity index (χ4v) is 1.28. The first-order chi connectivity index (χ1) is 7.09. The number of hydrogen-bond acceptors (Lipinski definition) is 4. The van der Waals surface area contributed by atoms with E-state index in [1.807, 2.05) is 0 Å². The van der Waals surface area contributed by atoms with Crippen molar-refractivity contribution in [3.63, 3.8) is 0 Å². The molecular weight excluding hydrogens is 200 g/mol. The molecule has 2 aliphatic heterocycles. The molecule has 0 aliphatic carbocycles. The molecule has 0 aromatic heterocycles. The summed E-state index contributed by atoms with van der Waals surface area (Å²) >= 11 is 0. The zero-order valence-electron chi connectivity index (χ0n) is 7.54. The average Bonchev–Trinajstić information content (AvgIpc) is 2.67. The van der Waals surface area contributed by atoms with Gasteiger partial charge in [0.2, 0.25) is 0 Å². The van der Waals surface area contributed by atoms with Gasteiger partial charge in [0.15, 0.2) is 0 Å². The molecule has 0 radical (unpaired) electrons. The molecule has 4 amide bonds. The summed E-state index contributed by atoms with van der Waals surface area (Å²) in [6.45, 7) is -0.324. The van der Waals surface area contributed by atoms with Gasteiger partial charge in [-0.25, -0.2) is 0 Å². The Labute approximate surface area is 84.4 Å². The summed E-state index contributed by atoms with van der Waals surface area (Å²) in [6, 6.07) is 0. The van der Waals surface area contributed by atoms with Crippen LogP contribution in [0.5, 0.6) is 0 Å². The molecule has 0 aromatic rings. The van der Waals surface area contributed by atoms with E-state index in [2.05, 4.69) is 0 Å². The van der Waals surface area contributed by atoms with E-state index in [0.717, 1.165) is 34.1 Å². The van der Waals surface area contributed by atoms with Gasteiger partial charge >= 0.3 is 0 Å². The van der Waals surface area contributed by atoms with Crippen molar-refractivity contribution in [3.8, 4) is 0 Å². The second-order valence-corrected chi connectivity index (χ2v) is 3.02. The van der Waals surface area contributed by atoms with Crippen molar-refractivity contribution < 1.29 is 19.2 Å². The number of nitrogens with zero attached hydrogens (tertiary/aromatic N) is 2. The summed E-state index contributed by atoms with van der Waals surface area (Å²) in [4.78, 5) is 46.2. The quantitative estimate of drug-likeness (QED) is 0.531. The Morgan fingerprint density at radius 3 is 1.20 bits per heavy atom. The van der Waals surface area contributed by atoms with Crippen LogP contribution in [0.2, 0.25) is 0 Å². The number of carbonyl (C=O) groups is 4. The van der Waals surface area contributed by atoms with Crippen LogP contribution in [0.3, 0.4) is 0 Å². The Bertz CT molecular complexity index is 359. The monoisotopic (exact) mass is 206 g/mol. The number of carbonyl (C=O) groups excluding carboxylic acids is 4. The van der Waals surface area contributed by atoms with Gasteiger partial charge in [0, 0.05) is 24.3 Å². The highest BCUT2D eigenvalue weighted by atomic mass is 16.2. The Morgan fingerprint density at radius 1 is 0.667 bits per heavy atom. The minimum absolute atomic E-state index is 0.324. The Morgan fingerprint density at radius 2 is 0.933 bits per heavy atom. The molecule has 2 rings (SSSR count). The van der Waals surface area contributed by atoms with E-state index < -0.39 is 23.6 Å². The second-order valence-electron chi connectivity index (χ2n) is 3.02. The third-order valence-electron chi connectivity index (χ3n) is 2.08. The van der Waals surface area contributed by atoms with Crippen LogP contribution in [-0.2, 0) is 19.2 Å². The molecule has 0 bridgehead atoms. The molecule has 0 saturated carbocycles. The van der Waals surface area contributed by atoms with E-state index in [9.17, 15) is 19.2 Å². The van der Waals surface area contributed by atoms with Gasteiger partial charge in [0.25, 0.3) is 23.6 Å². The van der Waals surface area contributed by atoms with Crippen LogP contribution in [0.15, 0.2) is 24.3 Å². The predicted molar refractivity (Wildman–Crippen MR) is 46.9 cm³/mol. The average molecular weight is 206 g/mol. The standard InChI is InChI=1S/C9H6N2O4/c12-6-1-2-7(13)10(6)5-11-8(14)3-4-9(11)15/h1-4H,5H2. The maximum atomic E-state index is 11.1. The van der Waals surface area contributed by atoms with Crippen LogP contribution in [0.1, 0.15) is 0 Å². The van der Waals surface area contributed by atoms with Crippen LogP contribution < -0.4 is 0 Å². The Kier molecular flexibility index (Phi) is 1.96. The van der Waals surface area contributed by atoms with Crippen molar-refractivity contribution in [1.82, 2.24) is 9.80 Å². The van der Waals surface area contributed by atoms with Gasteiger partial charge in [-0.3, -0.25) is 29.0 Å². The van der Waals surface area contributed by atoms with Crippen molar-refractivity contribution in [1.29, 1.82) is 0 Å². The fraction of sp³-hybridized carbons (Fsp3) is 0.111. The summed E-state index contributed by atoms with van der Waals surface area (Å²) in [7, 11) is 0. The van der Waals surface area contributed by atoms with Gasteiger partial charge in [-0.05, 0) is 0 Å². The first-order valence-electron chi connectivity index (χ1n) is 4.16. The van der Waals surface area contributed by atoms with Gasteiger partial charge in [0.1, 0.15) is 6.67 Å². The lowest BCUT2D eigenvalue weighted by atomic mass is 10.5. The van der Waals surface area contributed by atoms with Gasteiger partial charge in [-0.15, -0.1) is 0 Å². The summed E-state index contributed by atoms with van der Waals surface area (Å²) in [5.74, 6) is -2.08. The highest BCUT2D eigenvalue weighted by Gasteiger charge is 2.31. The van der Waals surface area contributed by atoms with E-state index in [1.54, 1.807) is 0 Å². The lowest BCUT2D eigenvalue weighted by molar-refractivity contribution is -0.145. The van der Waals surface area contributed by atoms with Crippen LogP contribution in [-0.4, -0.2) is 40.1 Å². The van der Waals surface area contributed by atoms with Crippen LogP contribution in [0, 0.1) is 0 Å². The molecule has 2 heterocycles. The lowest BCUT2D eigenvalue weighted by Gasteiger charge is -2.20. The number of imide groups is 2. The Balaban J connectivity index is 2.10. The molecule has 0 N–H and O–H groups in total. The molecule has 0 saturated heterocycles. The highest BCUT2D eigenvalue weighted by Crippen LogP contribution is 2.09. The maximum absolute atomic E-state index is 11.1. The topological polar surface area (TPSA) is 74.8 Å². The van der Waals surface area contributed by atoms with Gasteiger partial charge in [-0.2, -0.15) is 0 Å². The number of amides is 4. The molecule has 0 aromatic carbocycles. The highest BCUT2D eigenvalue weighted by molar-refractivity contribution is 6.15. The predicted octanol–water partition coefficient (Wildman–Crippen LogP) is -1.21. The van der Waals surface area contributed by atoms with E-state index in [4.69, 9.17) is 0 Å². The van der Waals surface area contributed by atoms with E-state index in [0.29, 0.717) is 0 Å². The summed E-state index contributed by atoms with van der Waals surface area (Å²) in [5.41, 5.74) is 0. The van der Waals surface area contributed by atoms with Crippen LogP contribution in [0.25, 0.3) is 0 Å². The zero-order valence-corrected chi connectivity index (χ0v) is 7.54. The number of hydrogen-bond donors (Lipinski definition) is 0. The van der Waals surface area contributed by atoms with Crippen molar-refractivity contribution in [2.75, 3.05) is 6.67 Å². The van der Waals surface area contributed by atoms with Crippen molar-refractivity contribution >= 4 is 23.6 Å². The summed E-state index contributed by atoms with van der Waals surface area (Å²) in [6.07, 6.45) is 4.39. The molecule has 15 heavy (non-hydrogen) atoms. The normalized spacial score (nSPS) is 20.0. The molecule has 0 spiro atoms. The molecule has 0 unspecified atom stereocenters. The fourth-order valence-electron chi connectivity index (χ4n) is 1.28. The van der Waals surface area contributed by atoms with Gasteiger partial charge in [0.05, 0.1) is 0 Å². The van der Waals surface area contributed by atoms with Crippen LogP contribution >= 0.6 is 0 Å². The molecule has 0 fully saturated rings. The number of rotatable bonds is 2.